The summed E-state index contributed by atoms with van der Waals surface area (Å²) >= 11 is 0. The topological polar surface area (TPSA) is 98.6 Å². The van der Waals surface area contributed by atoms with E-state index in [-0.39, 0.29) is 18.4 Å². The van der Waals surface area contributed by atoms with Crippen LogP contribution in [-0.2, 0) is 27.5 Å². The first-order valence-corrected chi connectivity index (χ1v) is 9.23. The Morgan fingerprint density at radius 2 is 2.11 bits per heavy atom. The predicted octanol–water partition coefficient (Wildman–Crippen LogP) is 0.591. The standard InChI is InChI=1S/C19H23N5O4/c1-13(25)20-9-17(26)23-8-7-19(11-23)12-24-16(10-28-19)21-22-18(24)14-5-3-4-6-15(14)27-2/h3-6H,7-12H2,1-2H3,(H,20,25). The molecule has 1 N–H and O–H groups in total. The molecule has 1 spiro atoms. The second kappa shape index (κ2) is 7.23. The number of amides is 2. The lowest BCUT2D eigenvalue weighted by Crippen LogP contribution is -2.46. The van der Waals surface area contributed by atoms with Crippen LogP contribution in [0.4, 0.5) is 0 Å². The summed E-state index contributed by atoms with van der Waals surface area (Å²) in [7, 11) is 1.63. The van der Waals surface area contributed by atoms with Gasteiger partial charge in [-0.05, 0) is 18.6 Å². The summed E-state index contributed by atoms with van der Waals surface area (Å²) in [4.78, 5) is 25.2. The van der Waals surface area contributed by atoms with Crippen molar-refractivity contribution >= 4 is 11.8 Å². The van der Waals surface area contributed by atoms with Crippen LogP contribution in [0, 0.1) is 0 Å². The van der Waals surface area contributed by atoms with E-state index in [1.807, 2.05) is 24.3 Å². The third kappa shape index (κ3) is 3.33. The van der Waals surface area contributed by atoms with Gasteiger partial charge in [-0.25, -0.2) is 0 Å². The summed E-state index contributed by atoms with van der Waals surface area (Å²) < 4.78 is 13.7. The molecule has 4 rings (SSSR count). The molecule has 2 amide bonds. The summed E-state index contributed by atoms with van der Waals surface area (Å²) in [5.41, 5.74) is 0.398. The first kappa shape index (κ1) is 18.4. The number of hydrogen-bond donors (Lipinski definition) is 1. The molecule has 9 nitrogen and oxygen atoms in total. The third-order valence-corrected chi connectivity index (χ3v) is 5.29. The lowest BCUT2D eigenvalue weighted by molar-refractivity contribution is -0.134. The monoisotopic (exact) mass is 385 g/mol. The predicted molar refractivity (Wildman–Crippen MR) is 99.4 cm³/mol. The second-order valence-electron chi connectivity index (χ2n) is 7.17. The van der Waals surface area contributed by atoms with Crippen molar-refractivity contribution in [1.29, 1.82) is 0 Å². The summed E-state index contributed by atoms with van der Waals surface area (Å²) in [6.07, 6.45) is 0.724. The Labute approximate surface area is 162 Å². The molecule has 1 saturated heterocycles. The van der Waals surface area contributed by atoms with Gasteiger partial charge in [-0.3, -0.25) is 9.59 Å². The first-order valence-electron chi connectivity index (χ1n) is 9.23. The Hall–Kier alpha value is -2.94. The molecule has 0 aliphatic carbocycles. The Morgan fingerprint density at radius 3 is 2.89 bits per heavy atom. The molecule has 0 radical (unpaired) electrons. The van der Waals surface area contributed by atoms with Gasteiger partial charge in [0.1, 0.15) is 18.0 Å². The maximum Gasteiger partial charge on any atom is 0.242 e. The largest absolute Gasteiger partial charge is 0.496 e. The zero-order valence-corrected chi connectivity index (χ0v) is 16.0. The molecule has 28 heavy (non-hydrogen) atoms. The van der Waals surface area contributed by atoms with Gasteiger partial charge in [0.2, 0.25) is 11.8 Å². The molecule has 1 aromatic heterocycles. The van der Waals surface area contributed by atoms with Crippen molar-refractivity contribution in [2.75, 3.05) is 26.7 Å². The summed E-state index contributed by atoms with van der Waals surface area (Å²) in [5, 5.41) is 11.2. The summed E-state index contributed by atoms with van der Waals surface area (Å²) in [6, 6.07) is 7.70. The van der Waals surface area contributed by atoms with Crippen LogP contribution in [0.3, 0.4) is 0 Å². The average molecular weight is 385 g/mol. The van der Waals surface area contributed by atoms with E-state index < -0.39 is 5.60 Å². The normalized spacial score (nSPS) is 20.9. The second-order valence-corrected chi connectivity index (χ2v) is 7.17. The van der Waals surface area contributed by atoms with Gasteiger partial charge in [0.25, 0.3) is 0 Å². The number of para-hydroxylation sites is 1. The van der Waals surface area contributed by atoms with E-state index in [4.69, 9.17) is 9.47 Å². The van der Waals surface area contributed by atoms with Crippen LogP contribution in [0.15, 0.2) is 24.3 Å². The minimum Gasteiger partial charge on any atom is -0.496 e. The molecule has 1 unspecified atom stereocenters. The zero-order chi connectivity index (χ0) is 19.7. The van der Waals surface area contributed by atoms with Crippen molar-refractivity contribution in [2.24, 2.45) is 0 Å². The van der Waals surface area contributed by atoms with Gasteiger partial charge in [-0.2, -0.15) is 0 Å². The van der Waals surface area contributed by atoms with Crippen LogP contribution in [0.25, 0.3) is 11.4 Å². The van der Waals surface area contributed by atoms with Crippen molar-refractivity contribution < 1.29 is 19.1 Å². The number of likely N-dealkylation sites (tertiary alicyclic amines) is 1. The van der Waals surface area contributed by atoms with Gasteiger partial charge in [0.15, 0.2) is 11.6 Å². The van der Waals surface area contributed by atoms with Gasteiger partial charge in [-0.15, -0.1) is 10.2 Å². The fourth-order valence-corrected chi connectivity index (χ4v) is 3.80. The maximum absolute atomic E-state index is 12.4. The summed E-state index contributed by atoms with van der Waals surface area (Å²) in [6.45, 7) is 3.39. The van der Waals surface area contributed by atoms with Crippen molar-refractivity contribution in [2.45, 2.75) is 32.1 Å². The fourth-order valence-electron chi connectivity index (χ4n) is 3.80. The molecule has 1 aromatic carbocycles. The van der Waals surface area contributed by atoms with Crippen molar-refractivity contribution in [1.82, 2.24) is 25.0 Å². The van der Waals surface area contributed by atoms with Crippen LogP contribution in [0.2, 0.25) is 0 Å². The van der Waals surface area contributed by atoms with E-state index in [1.165, 1.54) is 6.92 Å². The molecule has 148 valence electrons. The van der Waals surface area contributed by atoms with Gasteiger partial charge in [-0.1, -0.05) is 12.1 Å². The molecule has 2 aliphatic heterocycles. The highest BCUT2D eigenvalue weighted by Crippen LogP contribution is 2.36. The highest BCUT2D eigenvalue weighted by atomic mass is 16.5. The zero-order valence-electron chi connectivity index (χ0n) is 16.0. The Morgan fingerprint density at radius 1 is 1.29 bits per heavy atom. The van der Waals surface area contributed by atoms with E-state index >= 15 is 0 Å². The lowest BCUT2D eigenvalue weighted by atomic mass is 10.0. The molecular formula is C19H23N5O4. The van der Waals surface area contributed by atoms with E-state index in [2.05, 4.69) is 20.1 Å². The smallest absolute Gasteiger partial charge is 0.242 e. The minimum absolute atomic E-state index is 0.00968. The van der Waals surface area contributed by atoms with Gasteiger partial charge in [0, 0.05) is 13.5 Å². The maximum atomic E-state index is 12.4. The van der Waals surface area contributed by atoms with Crippen LogP contribution in [0.1, 0.15) is 19.2 Å². The average Bonchev–Trinajstić information content (AvgIpc) is 3.30. The number of carbonyl (C=O) groups is 2. The molecule has 3 heterocycles. The molecule has 1 atom stereocenters. The molecule has 0 bridgehead atoms. The van der Waals surface area contributed by atoms with Crippen LogP contribution < -0.4 is 10.1 Å². The number of carbonyl (C=O) groups excluding carboxylic acids is 2. The van der Waals surface area contributed by atoms with E-state index in [0.29, 0.717) is 26.2 Å². The highest BCUT2D eigenvalue weighted by Gasteiger charge is 2.44. The first-order chi connectivity index (χ1) is 13.5. The molecule has 0 saturated carbocycles. The van der Waals surface area contributed by atoms with Crippen LogP contribution >= 0.6 is 0 Å². The lowest BCUT2D eigenvalue weighted by Gasteiger charge is -2.34. The SMILES string of the molecule is COc1ccccc1-c1nnc2n1CC1(CCN(C(=O)CNC(C)=O)C1)OC2. The number of nitrogens with one attached hydrogen (secondary N) is 1. The Bertz CT molecular complexity index is 911. The van der Waals surface area contributed by atoms with Gasteiger partial charge >= 0.3 is 0 Å². The number of methoxy groups -OCH3 is 1. The number of nitrogens with zero attached hydrogens (tertiary/aromatic N) is 4. The number of rotatable bonds is 4. The molecule has 9 heteroatoms. The fraction of sp³-hybridized carbons (Fsp3) is 0.474. The van der Waals surface area contributed by atoms with Crippen molar-refractivity contribution in [3.8, 4) is 17.1 Å². The summed E-state index contributed by atoms with van der Waals surface area (Å²) in [5.74, 6) is 1.91. The highest BCUT2D eigenvalue weighted by molar-refractivity contribution is 5.84. The van der Waals surface area contributed by atoms with Crippen LogP contribution in [0.5, 0.6) is 5.75 Å². The number of aromatic nitrogens is 3. The Balaban J connectivity index is 1.55. The van der Waals surface area contributed by atoms with Gasteiger partial charge in [0.05, 0.1) is 32.3 Å². The molecule has 1 fully saturated rings. The van der Waals surface area contributed by atoms with E-state index in [0.717, 1.165) is 29.4 Å². The Kier molecular flexibility index (Phi) is 4.76. The number of fused-ring (bicyclic) bond motifs is 1. The third-order valence-electron chi connectivity index (χ3n) is 5.29. The molecular weight excluding hydrogens is 362 g/mol. The number of ether oxygens (including phenoxy) is 2. The van der Waals surface area contributed by atoms with E-state index in [1.54, 1.807) is 12.0 Å². The molecule has 2 aromatic rings. The minimum atomic E-state index is -0.474. The quantitative estimate of drug-likeness (QED) is 0.827. The van der Waals surface area contributed by atoms with E-state index in [9.17, 15) is 9.59 Å². The van der Waals surface area contributed by atoms with Crippen molar-refractivity contribution in [3.63, 3.8) is 0 Å². The molecule has 2 aliphatic rings. The number of benzene rings is 1. The number of hydrogen-bond acceptors (Lipinski definition) is 6. The van der Waals surface area contributed by atoms with Crippen molar-refractivity contribution in [3.05, 3.63) is 30.1 Å². The van der Waals surface area contributed by atoms with Gasteiger partial charge < -0.3 is 24.3 Å². The van der Waals surface area contributed by atoms with Crippen LogP contribution in [-0.4, -0.2) is 63.8 Å².